The Morgan fingerprint density at radius 3 is 1.64 bits per heavy atom. The van der Waals surface area contributed by atoms with Gasteiger partial charge in [0, 0.05) is 62.1 Å². The van der Waals surface area contributed by atoms with Gasteiger partial charge in [-0.3, -0.25) is 0 Å². The van der Waals surface area contributed by atoms with Crippen molar-refractivity contribution in [3.05, 3.63) is 284 Å². The van der Waals surface area contributed by atoms with Crippen LogP contribution in [0, 0.1) is 0 Å². The van der Waals surface area contributed by atoms with E-state index in [1.54, 1.807) is 0 Å². The summed E-state index contributed by atoms with van der Waals surface area (Å²) in [6.45, 7) is 4.44. The van der Waals surface area contributed by atoms with Crippen molar-refractivity contribution in [1.29, 1.82) is 0 Å². The third kappa shape index (κ3) is 6.63. The van der Waals surface area contributed by atoms with E-state index in [0.29, 0.717) is 12.0 Å². The van der Waals surface area contributed by atoms with Crippen molar-refractivity contribution in [3.63, 3.8) is 0 Å². The minimum absolute atomic E-state index is 0.299. The molecule has 3 nitrogen and oxygen atoms in total. The fraction of sp³-hybridized carbons (Fsp3) is 0.0606. The van der Waals surface area contributed by atoms with E-state index in [1.165, 1.54) is 87.1 Å². The zero-order chi connectivity index (χ0) is 46.6. The van der Waals surface area contributed by atoms with Crippen molar-refractivity contribution in [2.45, 2.75) is 24.8 Å². The average Bonchev–Trinajstić information content (AvgIpc) is 4.07. The van der Waals surface area contributed by atoms with Gasteiger partial charge in [0.15, 0.2) is 8.07 Å². The normalized spacial score (nSPS) is 16.4. The maximum atomic E-state index is 4.44. The minimum atomic E-state index is -2.63. The predicted molar refractivity (Wildman–Crippen MR) is 299 cm³/mol. The van der Waals surface area contributed by atoms with Crippen LogP contribution in [0.4, 0.5) is 5.69 Å². The highest BCUT2D eigenvalue weighted by atomic mass is 28.3. The Bertz CT molecular complexity index is 3620. The van der Waals surface area contributed by atoms with Gasteiger partial charge in [-0.1, -0.05) is 207 Å². The van der Waals surface area contributed by atoms with Crippen LogP contribution in [-0.4, -0.2) is 17.2 Å². The number of para-hydroxylation sites is 3. The zero-order valence-electron chi connectivity index (χ0n) is 38.9. The van der Waals surface area contributed by atoms with Crippen LogP contribution in [-0.2, 0) is 0 Å². The lowest BCUT2D eigenvalue weighted by Gasteiger charge is -2.34. The first-order valence-corrected chi connectivity index (χ1v) is 26.6. The largest absolute Gasteiger partial charge is 0.336 e. The lowest BCUT2D eigenvalue weighted by molar-refractivity contribution is 0.620. The van der Waals surface area contributed by atoms with E-state index >= 15 is 0 Å². The molecule has 3 aliphatic rings. The summed E-state index contributed by atoms with van der Waals surface area (Å²) in [5.74, 6) is 0.354. The Labute approximate surface area is 410 Å². The van der Waals surface area contributed by atoms with Crippen LogP contribution in [0.5, 0.6) is 0 Å². The summed E-state index contributed by atoms with van der Waals surface area (Å²) >= 11 is 0. The average molecular weight is 914 g/mol. The van der Waals surface area contributed by atoms with Gasteiger partial charge in [0.25, 0.3) is 0 Å². The molecular weight excluding hydrogens is 863 g/mol. The highest BCUT2D eigenvalue weighted by molar-refractivity contribution is 7.19. The van der Waals surface area contributed by atoms with Crippen LogP contribution in [0.2, 0.25) is 0 Å². The molecule has 0 amide bonds. The van der Waals surface area contributed by atoms with Crippen LogP contribution in [0.3, 0.4) is 0 Å². The monoisotopic (exact) mass is 913 g/mol. The molecule has 2 aromatic heterocycles. The van der Waals surface area contributed by atoms with Crippen molar-refractivity contribution in [3.8, 4) is 11.1 Å². The number of allylic oxidation sites excluding steroid dienone is 7. The molecule has 8 aromatic carbocycles. The molecule has 1 aliphatic heterocycles. The van der Waals surface area contributed by atoms with Gasteiger partial charge in [-0.15, -0.1) is 0 Å². The number of fused-ring (bicyclic) bond motifs is 9. The zero-order valence-corrected chi connectivity index (χ0v) is 39.9. The van der Waals surface area contributed by atoms with Crippen molar-refractivity contribution < 1.29 is 0 Å². The molecular formula is C66H51N3Si. The molecule has 0 bridgehead atoms. The first-order chi connectivity index (χ1) is 34.7. The Morgan fingerprint density at radius 1 is 0.543 bits per heavy atom. The van der Waals surface area contributed by atoms with Crippen LogP contribution in [0.25, 0.3) is 56.1 Å². The summed E-state index contributed by atoms with van der Waals surface area (Å²) in [5.41, 5.74) is 13.7. The summed E-state index contributed by atoms with van der Waals surface area (Å²) in [6, 6.07) is 78.6. The van der Waals surface area contributed by atoms with Gasteiger partial charge in [-0.2, -0.15) is 0 Å². The van der Waals surface area contributed by atoms with Crippen LogP contribution in [0.1, 0.15) is 36.1 Å². The molecule has 0 fully saturated rings. The van der Waals surface area contributed by atoms with E-state index in [4.69, 9.17) is 0 Å². The molecule has 3 heterocycles. The molecule has 334 valence electrons. The van der Waals surface area contributed by atoms with Gasteiger partial charge in [-0.25, -0.2) is 0 Å². The molecule has 0 saturated carbocycles. The maximum Gasteiger partial charge on any atom is 0.179 e. The van der Waals surface area contributed by atoms with Crippen LogP contribution >= 0.6 is 0 Å². The van der Waals surface area contributed by atoms with E-state index in [-0.39, 0.29) is 0 Å². The van der Waals surface area contributed by atoms with Gasteiger partial charge >= 0.3 is 0 Å². The molecule has 2 aliphatic carbocycles. The standard InChI is InChI=1S/C66H51N3Si/c1-2-49(20-19-45-67-62-32-15-12-27-56(62)57-28-13-16-33-63(57)67)68(51-41-44-65-61(46-51)60-31-18-30-59-58-29-14-17-34-64(58)69(65)66(59)60)50-39-35-47(36-40-50)48-37-42-55(43-38-48)70(52-21-6-3-7-22-52,53-23-8-4-9-24-53)54-25-10-5-11-26-54/h2-30,32-43,45-46,60,65H,1,31,44H2/b45-19+,49-20+. The van der Waals surface area contributed by atoms with Crippen molar-refractivity contribution in [2.75, 3.05) is 4.90 Å². The first kappa shape index (κ1) is 41.7. The number of nitrogens with zero attached hydrogens (tertiary/aromatic N) is 3. The fourth-order valence-corrected chi connectivity index (χ4v) is 16.9. The second-order valence-corrected chi connectivity index (χ2v) is 22.6. The number of hydrogen-bond acceptors (Lipinski definition) is 1. The lowest BCUT2D eigenvalue weighted by Crippen LogP contribution is -2.74. The Kier molecular flexibility index (Phi) is 10.3. The van der Waals surface area contributed by atoms with Crippen molar-refractivity contribution >= 4 is 79.5 Å². The maximum absolute atomic E-state index is 4.44. The van der Waals surface area contributed by atoms with E-state index < -0.39 is 8.07 Å². The molecule has 0 saturated heterocycles. The molecule has 2 unspecified atom stereocenters. The summed E-state index contributed by atoms with van der Waals surface area (Å²) < 4.78 is 4.95. The molecule has 10 aromatic rings. The summed E-state index contributed by atoms with van der Waals surface area (Å²) in [4.78, 5) is 2.41. The Morgan fingerprint density at radius 2 is 1.06 bits per heavy atom. The van der Waals surface area contributed by atoms with Crippen LogP contribution in [0.15, 0.2) is 272 Å². The van der Waals surface area contributed by atoms with Crippen molar-refractivity contribution in [1.82, 2.24) is 9.13 Å². The molecule has 0 spiro atoms. The van der Waals surface area contributed by atoms with E-state index in [1.807, 2.05) is 6.08 Å². The highest BCUT2D eigenvalue weighted by Crippen LogP contribution is 2.54. The molecule has 0 N–H and O–H groups in total. The first-order valence-electron chi connectivity index (χ1n) is 24.6. The third-order valence-electron chi connectivity index (χ3n) is 15.2. The minimum Gasteiger partial charge on any atom is -0.336 e. The molecule has 0 radical (unpaired) electrons. The molecule has 2 atom stereocenters. The summed E-state index contributed by atoms with van der Waals surface area (Å²) in [5, 5.41) is 9.35. The summed E-state index contributed by atoms with van der Waals surface area (Å²) in [6.07, 6.45) is 20.2. The lowest BCUT2D eigenvalue weighted by atomic mass is 9.83. The van der Waals surface area contributed by atoms with Gasteiger partial charge in [0.2, 0.25) is 0 Å². The summed E-state index contributed by atoms with van der Waals surface area (Å²) in [7, 11) is -2.63. The molecule has 13 rings (SSSR count). The van der Waals surface area contributed by atoms with Gasteiger partial charge in [0.05, 0.1) is 17.1 Å². The quantitative estimate of drug-likeness (QED) is 0.0716. The Hall–Kier alpha value is -8.44. The fourth-order valence-electron chi connectivity index (χ4n) is 12.1. The van der Waals surface area contributed by atoms with E-state index in [0.717, 1.165) is 24.2 Å². The SMILES string of the molecule is C=C/C(=C\C=C\n1c2ccccc2c2ccccc21)N(C1=CCC2C(=C1)C1CC=Cc3c1n2c1ccccc31)c1ccc(-c2ccc([Si](c3ccccc3)(c3ccccc3)c3ccccc3)cc2)cc1. The van der Waals surface area contributed by atoms with Crippen molar-refractivity contribution in [2.24, 2.45) is 0 Å². The number of hydrogen-bond donors (Lipinski definition) is 0. The second-order valence-electron chi connectivity index (χ2n) is 18.8. The smallest absolute Gasteiger partial charge is 0.179 e. The van der Waals surface area contributed by atoms with E-state index in [2.05, 4.69) is 276 Å². The van der Waals surface area contributed by atoms with Gasteiger partial charge < -0.3 is 14.0 Å². The Balaban J connectivity index is 0.893. The van der Waals surface area contributed by atoms with E-state index in [9.17, 15) is 0 Å². The number of anilines is 1. The van der Waals surface area contributed by atoms with Gasteiger partial charge in [0.1, 0.15) is 0 Å². The second kappa shape index (κ2) is 17.3. The highest BCUT2D eigenvalue weighted by Gasteiger charge is 2.42. The third-order valence-corrected chi connectivity index (χ3v) is 20.0. The van der Waals surface area contributed by atoms with Gasteiger partial charge in [-0.05, 0) is 105 Å². The molecule has 70 heavy (non-hydrogen) atoms. The van der Waals surface area contributed by atoms with Crippen LogP contribution < -0.4 is 25.6 Å². The number of rotatable bonds is 11. The topological polar surface area (TPSA) is 13.1 Å². The molecule has 4 heteroatoms. The predicted octanol–water partition coefficient (Wildman–Crippen LogP) is 13.8. The number of benzene rings is 8. The number of aromatic nitrogens is 2.